The van der Waals surface area contributed by atoms with Gasteiger partial charge >= 0.3 is 12.1 Å². The van der Waals surface area contributed by atoms with Crippen molar-refractivity contribution in [2.24, 2.45) is 11.8 Å². The van der Waals surface area contributed by atoms with E-state index < -0.39 is 65.7 Å². The molecule has 2 N–H and O–H groups in total. The van der Waals surface area contributed by atoms with E-state index in [0.717, 1.165) is 11.1 Å². The summed E-state index contributed by atoms with van der Waals surface area (Å²) in [5, 5.41) is 14.5. The Bertz CT molecular complexity index is 1560. The number of carbonyl (C=O) groups is 4. The van der Waals surface area contributed by atoms with Crippen LogP contribution in [0.25, 0.3) is 0 Å². The number of nitrogens with one attached hydrogen (secondary N) is 1. The number of carbonyl (C=O) groups excluding carboxylic acids is 4. The highest BCUT2D eigenvalue weighted by Gasteiger charge is 2.64. The van der Waals surface area contributed by atoms with Crippen molar-refractivity contribution in [3.8, 4) is 5.75 Å². The van der Waals surface area contributed by atoms with Gasteiger partial charge in [-0.2, -0.15) is 0 Å². The number of methoxy groups -OCH3 is 2. The van der Waals surface area contributed by atoms with E-state index in [9.17, 15) is 24.3 Å². The summed E-state index contributed by atoms with van der Waals surface area (Å²) in [5.74, 6) is -1.41. The lowest BCUT2D eigenvalue weighted by Crippen LogP contribution is -2.63. The third-order valence-electron chi connectivity index (χ3n) is 10.1. The van der Waals surface area contributed by atoms with E-state index in [2.05, 4.69) is 5.32 Å². The Hall–Kier alpha value is -3.65. The predicted molar refractivity (Wildman–Crippen MR) is 190 cm³/mol. The maximum atomic E-state index is 14.1. The van der Waals surface area contributed by atoms with Crippen molar-refractivity contribution in [2.45, 2.75) is 109 Å². The summed E-state index contributed by atoms with van der Waals surface area (Å²) < 4.78 is 29.2. The second-order valence-electron chi connectivity index (χ2n) is 14.5. The fourth-order valence-corrected chi connectivity index (χ4v) is 7.02. The van der Waals surface area contributed by atoms with Crippen LogP contribution < -0.4 is 15.0 Å². The Morgan fingerprint density at radius 1 is 1.22 bits per heavy atom. The van der Waals surface area contributed by atoms with Gasteiger partial charge in [-0.3, -0.25) is 14.9 Å². The first-order chi connectivity index (χ1) is 23.8. The fourth-order valence-electron chi connectivity index (χ4n) is 6.71. The maximum absolute atomic E-state index is 14.1. The normalized spacial score (nSPS) is 30.4. The molecule has 4 rings (SSSR count). The number of hydrogen-bond acceptors (Lipinski definition) is 10. The third kappa shape index (κ3) is 8.88. The lowest BCUT2D eigenvalue weighted by Gasteiger charge is -2.42. The Morgan fingerprint density at radius 2 is 1.90 bits per heavy atom. The van der Waals surface area contributed by atoms with Crippen molar-refractivity contribution >= 4 is 41.2 Å². The van der Waals surface area contributed by atoms with Gasteiger partial charge in [-0.15, -0.1) is 0 Å². The van der Waals surface area contributed by atoms with E-state index in [-0.39, 0.29) is 36.1 Å². The van der Waals surface area contributed by atoms with Crippen molar-refractivity contribution < 1.29 is 48.0 Å². The third-order valence-corrected chi connectivity index (χ3v) is 10.5. The van der Waals surface area contributed by atoms with Crippen molar-refractivity contribution in [1.82, 2.24) is 10.2 Å². The summed E-state index contributed by atoms with van der Waals surface area (Å²) in [7, 11) is 6.04. The van der Waals surface area contributed by atoms with E-state index in [1.807, 2.05) is 26.8 Å². The van der Waals surface area contributed by atoms with E-state index in [1.54, 1.807) is 52.1 Å². The number of alkyl carbamates (subject to hydrolysis) is 1. The number of hydrogen-bond donors (Lipinski definition) is 2. The molecule has 3 heterocycles. The van der Waals surface area contributed by atoms with Crippen LogP contribution in [0.2, 0.25) is 5.02 Å². The van der Waals surface area contributed by atoms with E-state index in [0.29, 0.717) is 17.9 Å². The average Bonchev–Trinajstić information content (AvgIpc) is 3.76. The van der Waals surface area contributed by atoms with Gasteiger partial charge in [-0.1, -0.05) is 56.2 Å². The fraction of sp³-hybridized carbons (Fsp3) is 0.622. The molecule has 1 aromatic carbocycles. The van der Waals surface area contributed by atoms with Crippen LogP contribution in [0, 0.1) is 11.8 Å². The predicted octanol–water partition coefficient (Wildman–Crippen LogP) is 4.56. The van der Waals surface area contributed by atoms with Gasteiger partial charge in [0.05, 0.1) is 25.3 Å². The molecule has 0 saturated carbocycles. The molecule has 51 heavy (non-hydrogen) atoms. The minimum Gasteiger partial charge on any atom is -0.495 e. The summed E-state index contributed by atoms with van der Waals surface area (Å²) in [6.07, 6.45) is 1.26. The average molecular weight is 734 g/mol. The maximum Gasteiger partial charge on any atom is 0.409 e. The van der Waals surface area contributed by atoms with E-state index >= 15 is 0 Å². The first kappa shape index (κ1) is 40.1. The highest BCUT2D eigenvalue weighted by atomic mass is 35.5. The Kier molecular flexibility index (Phi) is 12.5. The second-order valence-corrected chi connectivity index (χ2v) is 14.9. The molecule has 2 fully saturated rings. The standard InChI is InChI=1S/C37H52ClN3O10/c1-20(2)14-30(42)40(7)23(5)34(44)50-29-18-31(43)41(8)25-16-24(17-26(47-9)32(25)38)15-21(3)12-11-13-28(48-10)37(46)19-27(49-35(45)39-37)22(4)33-36(29,6)51-33/h11-13,16-17,20,22-23,27-29,33,46H,14-15,18-19H2,1-10H3,(H,39,45)/t22-,23-,27+,28+,29-,33-,36+,37-/m0/s1. The Labute approximate surface area is 305 Å². The zero-order valence-electron chi connectivity index (χ0n) is 31.2. The van der Waals surface area contributed by atoms with Crippen LogP contribution in [0.4, 0.5) is 10.5 Å². The summed E-state index contributed by atoms with van der Waals surface area (Å²) >= 11 is 6.75. The van der Waals surface area contributed by atoms with Crippen LogP contribution in [-0.4, -0.2) is 104 Å². The highest BCUT2D eigenvalue weighted by Crippen LogP contribution is 2.49. The van der Waals surface area contributed by atoms with Crippen LogP contribution in [0.1, 0.15) is 66.4 Å². The molecule has 3 aliphatic heterocycles. The van der Waals surface area contributed by atoms with Crippen molar-refractivity contribution in [1.29, 1.82) is 0 Å². The SMILES string of the molecule is COc1cc2cc(c1Cl)N(C)C(=O)C[C@H](OC(=O)[C@H](C)N(C)C(=O)CC(C)C)[C@@]1(C)O[C@H]1[C@@H](C)[C@H]1C[C@@](O)(NC(=O)O1)[C@H](OC)C=CC=C(C)C2. The quantitative estimate of drug-likeness (QED) is 0.301. The van der Waals surface area contributed by atoms with Gasteiger partial charge in [0, 0.05) is 40.0 Å². The number of allylic oxidation sites excluding steroid dienone is 3. The van der Waals surface area contributed by atoms with Gasteiger partial charge < -0.3 is 38.6 Å². The molecular formula is C37H52ClN3O10. The van der Waals surface area contributed by atoms with Crippen molar-refractivity contribution in [3.63, 3.8) is 0 Å². The number of anilines is 1. The molecule has 13 nitrogen and oxygen atoms in total. The number of nitrogens with zero attached hydrogens (tertiary/aromatic N) is 2. The number of likely N-dealkylation sites (N-methyl/N-ethyl adjacent to an activating group) is 1. The molecule has 4 bridgehead atoms. The molecule has 1 aromatic rings. The largest absolute Gasteiger partial charge is 0.495 e. The number of halogens is 1. The summed E-state index contributed by atoms with van der Waals surface area (Å²) in [6.45, 7) is 10.8. The van der Waals surface area contributed by atoms with Gasteiger partial charge in [0.25, 0.3) is 0 Å². The van der Waals surface area contributed by atoms with Crippen LogP contribution in [0.3, 0.4) is 0 Å². The summed E-state index contributed by atoms with van der Waals surface area (Å²) in [4.78, 5) is 56.1. The number of aliphatic hydroxyl groups is 1. The lowest BCUT2D eigenvalue weighted by molar-refractivity contribution is -0.162. The summed E-state index contributed by atoms with van der Waals surface area (Å²) in [6, 6.07) is 2.64. The molecule has 0 spiro atoms. The summed E-state index contributed by atoms with van der Waals surface area (Å²) in [5.41, 5.74) is -0.878. The number of epoxide rings is 1. The van der Waals surface area contributed by atoms with Crippen LogP contribution in [-0.2, 0) is 39.8 Å². The first-order valence-corrected chi connectivity index (χ1v) is 17.6. The van der Waals surface area contributed by atoms with Gasteiger partial charge in [0.2, 0.25) is 11.8 Å². The topological polar surface area (TPSA) is 156 Å². The van der Waals surface area contributed by atoms with E-state index in [4.69, 9.17) is 35.3 Å². The van der Waals surface area contributed by atoms with Gasteiger partial charge in [0.1, 0.15) is 40.7 Å². The lowest BCUT2D eigenvalue weighted by atomic mass is 9.83. The van der Waals surface area contributed by atoms with Gasteiger partial charge in [-0.05, 0) is 50.8 Å². The van der Waals surface area contributed by atoms with E-state index in [1.165, 1.54) is 31.1 Å². The number of ether oxygens (including phenoxy) is 5. The minimum atomic E-state index is -1.82. The molecule has 8 atom stereocenters. The van der Waals surface area contributed by atoms with Crippen LogP contribution in [0.5, 0.6) is 5.75 Å². The molecule has 0 aliphatic carbocycles. The molecule has 2 saturated heterocycles. The minimum absolute atomic E-state index is 0.0442. The van der Waals surface area contributed by atoms with Crippen molar-refractivity contribution in [2.75, 3.05) is 33.2 Å². The highest BCUT2D eigenvalue weighted by molar-refractivity contribution is 6.35. The molecule has 0 aromatic heterocycles. The molecule has 14 heteroatoms. The number of fused-ring (bicyclic) bond motifs is 5. The zero-order valence-corrected chi connectivity index (χ0v) is 31.9. The zero-order chi connectivity index (χ0) is 38.0. The molecular weight excluding hydrogens is 682 g/mol. The Morgan fingerprint density at radius 3 is 2.53 bits per heavy atom. The number of esters is 1. The number of benzene rings is 1. The monoisotopic (exact) mass is 733 g/mol. The van der Waals surface area contributed by atoms with Crippen molar-refractivity contribution in [3.05, 3.63) is 46.5 Å². The molecule has 0 radical (unpaired) electrons. The van der Waals surface area contributed by atoms with Gasteiger partial charge in [0.15, 0.2) is 5.72 Å². The first-order valence-electron chi connectivity index (χ1n) is 17.2. The van der Waals surface area contributed by atoms with Gasteiger partial charge in [-0.25, -0.2) is 9.59 Å². The number of rotatable bonds is 7. The molecule has 282 valence electrons. The molecule has 3 amide bonds. The smallest absolute Gasteiger partial charge is 0.409 e. The molecule has 0 unspecified atom stereocenters. The number of amides is 3. The van der Waals surface area contributed by atoms with Crippen LogP contribution >= 0.6 is 11.6 Å². The van der Waals surface area contributed by atoms with Crippen LogP contribution in [0.15, 0.2) is 35.9 Å². The second kappa shape index (κ2) is 15.9. The molecule has 3 aliphatic rings. The Balaban J connectivity index is 1.77.